The molecule has 118 valence electrons. The van der Waals surface area contributed by atoms with E-state index in [9.17, 15) is 4.79 Å². The normalized spacial score (nSPS) is 11.0. The first-order valence-corrected chi connectivity index (χ1v) is 8.41. The molecule has 0 aliphatic rings. The van der Waals surface area contributed by atoms with E-state index in [2.05, 4.69) is 27.3 Å². The van der Waals surface area contributed by atoms with Crippen molar-refractivity contribution in [3.05, 3.63) is 76.6 Å². The van der Waals surface area contributed by atoms with Crippen LogP contribution in [0, 0.1) is 0 Å². The zero-order valence-electron chi connectivity index (χ0n) is 12.6. The summed E-state index contributed by atoms with van der Waals surface area (Å²) in [5.41, 5.74) is 2.38. The van der Waals surface area contributed by atoms with Gasteiger partial charge in [0, 0.05) is 22.7 Å². The molecular formula is C18H13N3O2S. The summed E-state index contributed by atoms with van der Waals surface area (Å²) in [7, 11) is 0. The fraction of sp³-hybridized carbons (Fsp3) is 0.0556. The van der Waals surface area contributed by atoms with Crippen molar-refractivity contribution in [2.45, 2.75) is 11.0 Å². The summed E-state index contributed by atoms with van der Waals surface area (Å²) in [6.45, 7) is 0. The van der Waals surface area contributed by atoms with Crippen molar-refractivity contribution >= 4 is 22.7 Å². The number of hydrogen-bond donors (Lipinski definition) is 1. The predicted octanol–water partition coefficient (Wildman–Crippen LogP) is 3.87. The minimum Gasteiger partial charge on any atom is -0.411 e. The number of aromatic nitrogens is 3. The number of thioether (sulfide) groups is 1. The number of nitrogens with one attached hydrogen (secondary N) is 1. The Hall–Kier alpha value is -2.86. The van der Waals surface area contributed by atoms with Crippen LogP contribution in [0.15, 0.2) is 75.1 Å². The van der Waals surface area contributed by atoms with E-state index in [4.69, 9.17) is 4.42 Å². The van der Waals surface area contributed by atoms with E-state index in [0.29, 0.717) is 16.7 Å². The third-order valence-electron chi connectivity index (χ3n) is 3.59. The highest BCUT2D eigenvalue weighted by molar-refractivity contribution is 7.98. The monoisotopic (exact) mass is 335 g/mol. The largest absolute Gasteiger partial charge is 0.411 e. The molecule has 0 radical (unpaired) electrons. The van der Waals surface area contributed by atoms with Crippen LogP contribution in [0.25, 0.3) is 22.4 Å². The number of aromatic amines is 1. The third kappa shape index (κ3) is 2.96. The van der Waals surface area contributed by atoms with Crippen LogP contribution >= 0.6 is 11.8 Å². The Balaban J connectivity index is 1.64. The molecule has 1 N–H and O–H groups in total. The molecule has 2 aromatic carbocycles. The Morgan fingerprint density at radius 2 is 1.79 bits per heavy atom. The van der Waals surface area contributed by atoms with Crippen LogP contribution in [0.4, 0.5) is 0 Å². The second kappa shape index (κ2) is 6.33. The number of hydrogen-bond acceptors (Lipinski definition) is 5. The highest BCUT2D eigenvalue weighted by Crippen LogP contribution is 2.28. The fourth-order valence-electron chi connectivity index (χ4n) is 2.48. The molecule has 0 saturated heterocycles. The molecule has 4 aromatic rings. The molecular weight excluding hydrogens is 322 g/mol. The average Bonchev–Trinajstić information content (AvgIpc) is 3.09. The summed E-state index contributed by atoms with van der Waals surface area (Å²) >= 11 is 1.47. The molecule has 2 heterocycles. The van der Waals surface area contributed by atoms with Crippen molar-refractivity contribution in [3.63, 3.8) is 0 Å². The molecule has 0 saturated carbocycles. The molecule has 6 heteroatoms. The van der Waals surface area contributed by atoms with Crippen LogP contribution in [-0.2, 0) is 5.75 Å². The molecule has 0 bridgehead atoms. The van der Waals surface area contributed by atoms with Gasteiger partial charge in [-0.25, -0.2) is 0 Å². The summed E-state index contributed by atoms with van der Waals surface area (Å²) < 4.78 is 5.74. The molecule has 4 rings (SSSR count). The summed E-state index contributed by atoms with van der Waals surface area (Å²) in [6.07, 6.45) is 0. The zero-order valence-corrected chi connectivity index (χ0v) is 13.4. The highest BCUT2D eigenvalue weighted by atomic mass is 32.2. The number of nitrogens with zero attached hydrogens (tertiary/aromatic N) is 2. The van der Waals surface area contributed by atoms with Gasteiger partial charge >= 0.3 is 0 Å². The minimum absolute atomic E-state index is 0.194. The lowest BCUT2D eigenvalue weighted by molar-refractivity contribution is 0.466. The van der Waals surface area contributed by atoms with Crippen LogP contribution in [0.3, 0.4) is 0 Å². The van der Waals surface area contributed by atoms with Gasteiger partial charge in [0.15, 0.2) is 0 Å². The van der Waals surface area contributed by atoms with Crippen molar-refractivity contribution in [1.29, 1.82) is 0 Å². The van der Waals surface area contributed by atoms with Gasteiger partial charge in [-0.2, -0.15) is 0 Å². The molecule has 0 atom stereocenters. The lowest BCUT2D eigenvalue weighted by Gasteiger charge is -2.01. The van der Waals surface area contributed by atoms with Crippen LogP contribution in [0.5, 0.6) is 0 Å². The van der Waals surface area contributed by atoms with Gasteiger partial charge in [-0.05, 0) is 11.6 Å². The Morgan fingerprint density at radius 1 is 1.00 bits per heavy atom. The van der Waals surface area contributed by atoms with Gasteiger partial charge in [0.05, 0.1) is 5.56 Å². The Bertz CT molecular complexity index is 1040. The number of rotatable bonds is 4. The van der Waals surface area contributed by atoms with Gasteiger partial charge in [0.25, 0.3) is 5.22 Å². The average molecular weight is 335 g/mol. The molecule has 24 heavy (non-hydrogen) atoms. The zero-order chi connectivity index (χ0) is 16.4. The van der Waals surface area contributed by atoms with Crippen molar-refractivity contribution in [2.75, 3.05) is 0 Å². The lowest BCUT2D eigenvalue weighted by Crippen LogP contribution is -2.04. The number of H-pyrrole nitrogens is 1. The van der Waals surface area contributed by atoms with Gasteiger partial charge in [-0.15, -0.1) is 10.2 Å². The second-order valence-electron chi connectivity index (χ2n) is 5.24. The molecule has 0 aliphatic carbocycles. The van der Waals surface area contributed by atoms with E-state index in [-0.39, 0.29) is 5.56 Å². The Kier molecular flexibility index (Phi) is 3.88. The maximum Gasteiger partial charge on any atom is 0.277 e. The Labute approximate surface area is 141 Å². The van der Waals surface area contributed by atoms with E-state index in [1.807, 2.05) is 42.5 Å². The maximum absolute atomic E-state index is 11.8. The number of pyridine rings is 1. The van der Waals surface area contributed by atoms with Gasteiger partial charge in [0.2, 0.25) is 11.4 Å². The van der Waals surface area contributed by atoms with Crippen molar-refractivity contribution in [1.82, 2.24) is 15.2 Å². The van der Waals surface area contributed by atoms with E-state index < -0.39 is 0 Å². The number of para-hydroxylation sites is 1. The highest BCUT2D eigenvalue weighted by Gasteiger charge is 2.13. The lowest BCUT2D eigenvalue weighted by atomic mass is 10.1. The summed E-state index contributed by atoms with van der Waals surface area (Å²) in [4.78, 5) is 14.6. The first-order chi connectivity index (χ1) is 11.8. The van der Waals surface area contributed by atoms with Gasteiger partial charge in [-0.1, -0.05) is 60.3 Å². The van der Waals surface area contributed by atoms with Gasteiger partial charge in [0.1, 0.15) is 0 Å². The number of fused-ring (bicyclic) bond motifs is 1. The SMILES string of the molecule is O=c1cc(-c2nnc(SCc3ccccc3)o2)c2ccccc2[nH]1. The topological polar surface area (TPSA) is 71.8 Å². The molecule has 5 nitrogen and oxygen atoms in total. The van der Waals surface area contributed by atoms with Crippen molar-refractivity contribution in [3.8, 4) is 11.5 Å². The summed E-state index contributed by atoms with van der Waals surface area (Å²) in [6, 6.07) is 19.1. The molecule has 2 aromatic heterocycles. The Morgan fingerprint density at radius 3 is 2.67 bits per heavy atom. The van der Waals surface area contributed by atoms with Crippen LogP contribution < -0.4 is 5.56 Å². The maximum atomic E-state index is 11.8. The summed E-state index contributed by atoms with van der Waals surface area (Å²) in [5.74, 6) is 1.10. The van der Waals surface area contributed by atoms with Gasteiger partial charge < -0.3 is 9.40 Å². The standard InChI is InChI=1S/C18H13N3O2S/c22-16-10-14(13-8-4-5-9-15(13)19-16)17-20-21-18(23-17)24-11-12-6-2-1-3-7-12/h1-10H,11H2,(H,19,22). The first-order valence-electron chi connectivity index (χ1n) is 7.42. The van der Waals surface area contributed by atoms with E-state index >= 15 is 0 Å². The fourth-order valence-corrected chi connectivity index (χ4v) is 3.20. The summed E-state index contributed by atoms with van der Waals surface area (Å²) in [5, 5.41) is 9.54. The quantitative estimate of drug-likeness (QED) is 0.573. The predicted molar refractivity (Wildman–Crippen MR) is 93.9 cm³/mol. The number of benzene rings is 2. The van der Waals surface area contributed by atoms with Gasteiger partial charge in [-0.3, -0.25) is 4.79 Å². The second-order valence-corrected chi connectivity index (χ2v) is 6.17. The van der Waals surface area contributed by atoms with E-state index in [0.717, 1.165) is 16.7 Å². The third-order valence-corrected chi connectivity index (χ3v) is 4.48. The van der Waals surface area contributed by atoms with Crippen LogP contribution in [0.1, 0.15) is 5.56 Å². The van der Waals surface area contributed by atoms with Crippen LogP contribution in [-0.4, -0.2) is 15.2 Å². The molecule has 0 amide bonds. The van der Waals surface area contributed by atoms with Crippen LogP contribution in [0.2, 0.25) is 0 Å². The smallest absolute Gasteiger partial charge is 0.277 e. The molecule has 0 fully saturated rings. The molecule has 0 unspecified atom stereocenters. The van der Waals surface area contributed by atoms with E-state index in [1.165, 1.54) is 23.4 Å². The van der Waals surface area contributed by atoms with Crippen molar-refractivity contribution < 1.29 is 4.42 Å². The molecule has 0 spiro atoms. The minimum atomic E-state index is -0.194. The van der Waals surface area contributed by atoms with E-state index in [1.54, 1.807) is 0 Å². The first kappa shape index (κ1) is 14.7. The van der Waals surface area contributed by atoms with Crippen molar-refractivity contribution in [2.24, 2.45) is 0 Å². The molecule has 0 aliphatic heterocycles.